The number of imide groups is 1. The van der Waals surface area contributed by atoms with Gasteiger partial charge in [0.15, 0.2) is 5.76 Å². The van der Waals surface area contributed by atoms with E-state index in [1.165, 1.54) is 18.2 Å². The van der Waals surface area contributed by atoms with Gasteiger partial charge in [-0.15, -0.1) is 0 Å². The Kier molecular flexibility index (Phi) is 4.70. The second-order valence-corrected chi connectivity index (χ2v) is 6.06. The summed E-state index contributed by atoms with van der Waals surface area (Å²) in [6, 6.07) is 10.9. The van der Waals surface area contributed by atoms with Crippen molar-refractivity contribution in [3.8, 4) is 5.75 Å². The first-order chi connectivity index (χ1) is 11.9. The molecule has 128 valence electrons. The van der Waals surface area contributed by atoms with Gasteiger partial charge in [0.2, 0.25) is 0 Å². The molecule has 0 saturated heterocycles. The van der Waals surface area contributed by atoms with Gasteiger partial charge in [-0.25, -0.2) is 4.90 Å². The van der Waals surface area contributed by atoms with Gasteiger partial charge < -0.3 is 9.84 Å². The van der Waals surface area contributed by atoms with Crippen molar-refractivity contribution in [2.24, 2.45) is 0 Å². The molecule has 2 amide bonds. The second kappa shape index (κ2) is 6.78. The van der Waals surface area contributed by atoms with Crippen molar-refractivity contribution >= 4 is 46.3 Å². The maximum atomic E-state index is 12.7. The molecular weight excluding hydrogens is 365 g/mol. The van der Waals surface area contributed by atoms with Gasteiger partial charge in [0.25, 0.3) is 5.91 Å². The molecule has 5 nitrogen and oxygen atoms in total. The molecule has 0 bridgehead atoms. The molecule has 0 spiro atoms. The smallest absolute Gasteiger partial charge is 0.301 e. The highest BCUT2D eigenvalue weighted by Gasteiger charge is 2.40. The molecule has 3 rings (SSSR count). The monoisotopic (exact) mass is 377 g/mol. The lowest BCUT2D eigenvalue weighted by Crippen LogP contribution is -2.31. The molecule has 1 heterocycles. The fraction of sp³-hybridized carbons (Fsp3) is 0.111. The molecule has 0 aromatic heterocycles. The molecule has 0 aliphatic carbocycles. The van der Waals surface area contributed by atoms with Crippen LogP contribution in [0.1, 0.15) is 12.5 Å². The molecule has 1 N–H and O–H groups in total. The number of hydrogen-bond donors (Lipinski definition) is 1. The van der Waals surface area contributed by atoms with Crippen LogP contribution in [0, 0.1) is 0 Å². The van der Waals surface area contributed by atoms with Crippen molar-refractivity contribution in [2.75, 3.05) is 11.5 Å². The third kappa shape index (κ3) is 3.08. The van der Waals surface area contributed by atoms with E-state index in [-0.39, 0.29) is 16.2 Å². The van der Waals surface area contributed by atoms with Gasteiger partial charge in [-0.2, -0.15) is 0 Å². The van der Waals surface area contributed by atoms with Crippen molar-refractivity contribution in [3.05, 3.63) is 63.8 Å². The number of nitrogens with zero attached hydrogens (tertiary/aromatic N) is 1. The topological polar surface area (TPSA) is 66.8 Å². The number of hydrogen-bond acceptors (Lipinski definition) is 4. The number of rotatable bonds is 4. The number of carbonyl (C=O) groups excluding carboxylic acids is 2. The summed E-state index contributed by atoms with van der Waals surface area (Å²) in [7, 11) is 0. The van der Waals surface area contributed by atoms with Crippen molar-refractivity contribution < 1.29 is 19.4 Å². The van der Waals surface area contributed by atoms with Gasteiger partial charge in [-0.1, -0.05) is 29.3 Å². The highest BCUT2D eigenvalue weighted by molar-refractivity contribution is 6.47. The lowest BCUT2D eigenvalue weighted by molar-refractivity contribution is -0.121. The van der Waals surface area contributed by atoms with Gasteiger partial charge in [0, 0.05) is 10.6 Å². The summed E-state index contributed by atoms with van der Waals surface area (Å²) in [5.41, 5.74) is 0.418. The van der Waals surface area contributed by atoms with Crippen molar-refractivity contribution in [3.63, 3.8) is 0 Å². The van der Waals surface area contributed by atoms with Gasteiger partial charge >= 0.3 is 5.91 Å². The van der Waals surface area contributed by atoms with E-state index in [0.29, 0.717) is 23.1 Å². The fourth-order valence-corrected chi connectivity index (χ4v) is 3.05. The Hall–Kier alpha value is -2.50. The van der Waals surface area contributed by atoms with Crippen LogP contribution in [0.5, 0.6) is 5.75 Å². The number of aliphatic hydroxyl groups is 1. The van der Waals surface area contributed by atoms with Crippen LogP contribution in [0.3, 0.4) is 0 Å². The summed E-state index contributed by atoms with van der Waals surface area (Å²) < 4.78 is 5.34. The zero-order chi connectivity index (χ0) is 18.1. The Bertz CT molecular complexity index is 890. The van der Waals surface area contributed by atoms with Gasteiger partial charge in [0.05, 0.1) is 22.9 Å². The number of ether oxygens (including phenoxy) is 1. The minimum atomic E-state index is -0.810. The largest absolute Gasteiger partial charge is 0.502 e. The average molecular weight is 378 g/mol. The maximum Gasteiger partial charge on any atom is 0.301 e. The summed E-state index contributed by atoms with van der Waals surface area (Å²) >= 11 is 12.0. The SMILES string of the molecule is CCOc1ccc(N2C(=O)C(O)=C(c3ccc(Cl)cc3Cl)C2=O)cc1. The predicted molar refractivity (Wildman–Crippen MR) is 96.1 cm³/mol. The standard InChI is InChI=1S/C18H13Cl2NO4/c1-2-25-12-6-4-11(5-7-12)21-17(23)15(16(22)18(21)24)13-8-3-10(19)9-14(13)20/h3-9,22H,2H2,1H3. The third-order valence-corrected chi connectivity index (χ3v) is 4.21. The molecular formula is C18H13Cl2NO4. The second-order valence-electron chi connectivity index (χ2n) is 5.22. The molecule has 2 aromatic rings. The molecule has 0 atom stereocenters. The molecule has 2 aromatic carbocycles. The van der Waals surface area contributed by atoms with Crippen LogP contribution < -0.4 is 9.64 Å². The number of halogens is 2. The molecule has 1 aliphatic heterocycles. The lowest BCUT2D eigenvalue weighted by atomic mass is 10.1. The zero-order valence-corrected chi connectivity index (χ0v) is 14.6. The van der Waals surface area contributed by atoms with Crippen molar-refractivity contribution in [1.82, 2.24) is 0 Å². The van der Waals surface area contributed by atoms with Crippen LogP contribution in [0.15, 0.2) is 48.2 Å². The highest BCUT2D eigenvalue weighted by Crippen LogP contribution is 2.36. The number of benzene rings is 2. The summed E-state index contributed by atoms with van der Waals surface area (Å²) in [5.74, 6) is -1.50. The first-order valence-corrected chi connectivity index (χ1v) is 8.20. The summed E-state index contributed by atoms with van der Waals surface area (Å²) in [6.07, 6.45) is 0. The molecule has 0 radical (unpaired) electrons. The normalized spacial score (nSPS) is 14.4. The minimum Gasteiger partial charge on any atom is -0.502 e. The number of anilines is 1. The Labute approximate surface area is 154 Å². The van der Waals surface area contributed by atoms with E-state index in [4.69, 9.17) is 27.9 Å². The van der Waals surface area contributed by atoms with Crippen LogP contribution in [0.4, 0.5) is 5.69 Å². The van der Waals surface area contributed by atoms with E-state index in [9.17, 15) is 14.7 Å². The van der Waals surface area contributed by atoms with Gasteiger partial charge in [-0.05, 0) is 43.3 Å². The summed E-state index contributed by atoms with van der Waals surface area (Å²) in [4.78, 5) is 26.0. The number of aliphatic hydroxyl groups excluding tert-OH is 1. The number of amides is 2. The Morgan fingerprint density at radius 1 is 1.04 bits per heavy atom. The minimum absolute atomic E-state index is 0.152. The van der Waals surface area contributed by atoms with E-state index in [2.05, 4.69) is 0 Å². The molecule has 1 aliphatic rings. The van der Waals surface area contributed by atoms with Crippen LogP contribution in [0.2, 0.25) is 10.0 Å². The molecule has 25 heavy (non-hydrogen) atoms. The summed E-state index contributed by atoms with van der Waals surface area (Å²) in [6.45, 7) is 2.36. The molecule has 0 unspecified atom stereocenters. The third-order valence-electron chi connectivity index (χ3n) is 3.67. The molecule has 7 heteroatoms. The average Bonchev–Trinajstić information content (AvgIpc) is 2.79. The van der Waals surface area contributed by atoms with E-state index < -0.39 is 17.6 Å². The Morgan fingerprint density at radius 3 is 2.32 bits per heavy atom. The van der Waals surface area contributed by atoms with Crippen LogP contribution in [-0.4, -0.2) is 23.5 Å². The van der Waals surface area contributed by atoms with Gasteiger partial charge in [-0.3, -0.25) is 9.59 Å². The fourth-order valence-electron chi connectivity index (χ4n) is 2.55. The summed E-state index contributed by atoms with van der Waals surface area (Å²) in [5, 5.41) is 10.8. The highest BCUT2D eigenvalue weighted by atomic mass is 35.5. The van der Waals surface area contributed by atoms with Crippen molar-refractivity contribution in [2.45, 2.75) is 6.92 Å². The van der Waals surface area contributed by atoms with E-state index in [1.807, 2.05) is 6.92 Å². The molecule has 0 saturated carbocycles. The van der Waals surface area contributed by atoms with Gasteiger partial charge in [0.1, 0.15) is 5.75 Å². The maximum absolute atomic E-state index is 12.7. The first kappa shape index (κ1) is 17.3. The van der Waals surface area contributed by atoms with E-state index >= 15 is 0 Å². The van der Waals surface area contributed by atoms with Crippen molar-refractivity contribution in [1.29, 1.82) is 0 Å². The lowest BCUT2D eigenvalue weighted by Gasteiger charge is -2.15. The Morgan fingerprint density at radius 2 is 1.72 bits per heavy atom. The predicted octanol–water partition coefficient (Wildman–Crippen LogP) is 4.23. The Balaban J connectivity index is 1.99. The van der Waals surface area contributed by atoms with Crippen LogP contribution >= 0.6 is 23.2 Å². The van der Waals surface area contributed by atoms with E-state index in [0.717, 1.165) is 4.90 Å². The molecule has 0 fully saturated rings. The van der Waals surface area contributed by atoms with Crippen LogP contribution in [0.25, 0.3) is 5.57 Å². The first-order valence-electron chi connectivity index (χ1n) is 7.44. The van der Waals surface area contributed by atoms with Crippen LogP contribution in [-0.2, 0) is 9.59 Å². The zero-order valence-electron chi connectivity index (χ0n) is 13.1. The number of carbonyl (C=O) groups is 2. The van der Waals surface area contributed by atoms with E-state index in [1.54, 1.807) is 24.3 Å². The quantitative estimate of drug-likeness (QED) is 0.809.